The van der Waals surface area contributed by atoms with Gasteiger partial charge in [-0.15, -0.1) is 0 Å². The third-order valence-corrected chi connectivity index (χ3v) is 4.75. The Morgan fingerprint density at radius 2 is 1.89 bits per heavy atom. The lowest BCUT2D eigenvalue weighted by Crippen LogP contribution is -2.33. The van der Waals surface area contributed by atoms with Gasteiger partial charge in [0.2, 0.25) is 0 Å². The van der Waals surface area contributed by atoms with Gasteiger partial charge in [-0.1, -0.05) is 56.5 Å². The van der Waals surface area contributed by atoms with Crippen molar-refractivity contribution in [1.82, 2.24) is 5.32 Å². The van der Waals surface area contributed by atoms with E-state index in [1.54, 1.807) is 0 Å². The maximum Gasteiger partial charge on any atom is -0.00208 e. The molecule has 19 heavy (non-hydrogen) atoms. The number of hydrogen-bond donors (Lipinski definition) is 1. The second kappa shape index (κ2) is 7.69. The molecule has 3 atom stereocenters. The van der Waals surface area contributed by atoms with E-state index in [1.807, 2.05) is 0 Å². The van der Waals surface area contributed by atoms with E-state index >= 15 is 0 Å². The van der Waals surface area contributed by atoms with Gasteiger partial charge in [0.1, 0.15) is 0 Å². The van der Waals surface area contributed by atoms with E-state index in [0.717, 1.165) is 17.8 Å². The number of rotatable bonds is 6. The zero-order valence-corrected chi connectivity index (χ0v) is 12.6. The van der Waals surface area contributed by atoms with E-state index in [9.17, 15) is 0 Å². The van der Waals surface area contributed by atoms with Crippen LogP contribution in [0.4, 0.5) is 0 Å². The smallest absolute Gasteiger partial charge is 0.00208 e. The van der Waals surface area contributed by atoms with Crippen LogP contribution in [0.5, 0.6) is 0 Å². The predicted octanol–water partition coefficient (Wildman–Crippen LogP) is 4.28. The van der Waals surface area contributed by atoms with Crippen molar-refractivity contribution >= 4 is 0 Å². The summed E-state index contributed by atoms with van der Waals surface area (Å²) in [5.74, 6) is 2.73. The Hall–Kier alpha value is -0.820. The third-order valence-electron chi connectivity index (χ3n) is 4.75. The van der Waals surface area contributed by atoms with E-state index in [-0.39, 0.29) is 0 Å². The van der Waals surface area contributed by atoms with Crippen LogP contribution in [0.1, 0.15) is 44.6 Å². The minimum atomic E-state index is 0.873. The van der Waals surface area contributed by atoms with Crippen molar-refractivity contribution in [2.45, 2.75) is 45.4 Å². The molecule has 0 amide bonds. The van der Waals surface area contributed by atoms with Gasteiger partial charge in [-0.3, -0.25) is 0 Å². The summed E-state index contributed by atoms with van der Waals surface area (Å²) in [5, 5.41) is 3.40. The van der Waals surface area contributed by atoms with Crippen LogP contribution in [0.15, 0.2) is 30.3 Å². The first-order valence-electron chi connectivity index (χ1n) is 8.02. The van der Waals surface area contributed by atoms with Crippen LogP contribution in [0.2, 0.25) is 0 Å². The van der Waals surface area contributed by atoms with Gasteiger partial charge in [0.05, 0.1) is 0 Å². The van der Waals surface area contributed by atoms with Crippen molar-refractivity contribution in [3.05, 3.63) is 35.9 Å². The Bertz CT molecular complexity index is 346. The number of benzene rings is 1. The molecule has 0 bridgehead atoms. The maximum absolute atomic E-state index is 3.40. The van der Waals surface area contributed by atoms with Crippen molar-refractivity contribution in [1.29, 1.82) is 0 Å². The molecular weight excluding hydrogens is 230 g/mol. The zero-order valence-electron chi connectivity index (χ0n) is 12.6. The Labute approximate surface area is 118 Å². The number of hydrogen-bond acceptors (Lipinski definition) is 1. The molecule has 0 aliphatic heterocycles. The molecule has 106 valence electrons. The average Bonchev–Trinajstić information content (AvgIpc) is 2.43. The van der Waals surface area contributed by atoms with E-state index in [4.69, 9.17) is 0 Å². The molecule has 2 rings (SSSR count). The van der Waals surface area contributed by atoms with E-state index < -0.39 is 0 Å². The van der Waals surface area contributed by atoms with E-state index in [2.05, 4.69) is 49.6 Å². The van der Waals surface area contributed by atoms with Crippen LogP contribution in [-0.4, -0.2) is 13.6 Å². The Balaban J connectivity index is 1.98. The van der Waals surface area contributed by atoms with Gasteiger partial charge in [0.15, 0.2) is 0 Å². The normalized spacial score (nSPS) is 27.4. The van der Waals surface area contributed by atoms with Crippen LogP contribution >= 0.6 is 0 Å². The summed E-state index contributed by atoms with van der Waals surface area (Å²) in [5.41, 5.74) is 1.52. The predicted molar refractivity (Wildman–Crippen MR) is 83.3 cm³/mol. The highest BCUT2D eigenvalue weighted by molar-refractivity contribution is 5.15. The largest absolute Gasteiger partial charge is 0.319 e. The molecule has 0 saturated heterocycles. The molecule has 1 nitrogen and oxygen atoms in total. The topological polar surface area (TPSA) is 12.0 Å². The fourth-order valence-corrected chi connectivity index (χ4v) is 3.79. The summed E-state index contributed by atoms with van der Waals surface area (Å²) >= 11 is 0. The standard InChI is InChI=1S/C18H29N/c1-3-7-15-10-11-17(14-19-2)18(12-15)13-16-8-5-4-6-9-16/h4-6,8-9,15,17-19H,3,7,10-14H2,1-2H3. The van der Waals surface area contributed by atoms with Crippen LogP contribution < -0.4 is 5.32 Å². The molecule has 1 saturated carbocycles. The minimum Gasteiger partial charge on any atom is -0.319 e. The lowest BCUT2D eigenvalue weighted by atomic mass is 9.70. The molecule has 1 heteroatoms. The second-order valence-corrected chi connectivity index (χ2v) is 6.24. The fourth-order valence-electron chi connectivity index (χ4n) is 3.79. The van der Waals surface area contributed by atoms with Gasteiger partial charge >= 0.3 is 0 Å². The fraction of sp³-hybridized carbons (Fsp3) is 0.667. The molecule has 0 spiro atoms. The molecule has 1 aliphatic rings. The Morgan fingerprint density at radius 3 is 2.58 bits per heavy atom. The summed E-state index contributed by atoms with van der Waals surface area (Å²) in [4.78, 5) is 0. The molecule has 3 unspecified atom stereocenters. The van der Waals surface area contributed by atoms with Crippen LogP contribution in [0.25, 0.3) is 0 Å². The van der Waals surface area contributed by atoms with E-state index in [0.29, 0.717) is 0 Å². The number of nitrogens with one attached hydrogen (secondary N) is 1. The Kier molecular flexibility index (Phi) is 5.91. The first-order chi connectivity index (χ1) is 9.33. The molecular formula is C18H29N. The molecule has 1 aromatic carbocycles. The summed E-state index contributed by atoms with van der Waals surface area (Å²) in [6, 6.07) is 11.1. The summed E-state index contributed by atoms with van der Waals surface area (Å²) in [6.07, 6.45) is 8.36. The first-order valence-corrected chi connectivity index (χ1v) is 8.02. The van der Waals surface area contributed by atoms with Crippen molar-refractivity contribution < 1.29 is 0 Å². The highest BCUT2D eigenvalue weighted by atomic mass is 14.8. The lowest BCUT2D eigenvalue weighted by molar-refractivity contribution is 0.169. The summed E-state index contributed by atoms with van der Waals surface area (Å²) < 4.78 is 0. The second-order valence-electron chi connectivity index (χ2n) is 6.24. The molecule has 1 aliphatic carbocycles. The van der Waals surface area contributed by atoms with Crippen LogP contribution in [0.3, 0.4) is 0 Å². The average molecular weight is 259 g/mol. The van der Waals surface area contributed by atoms with Gasteiger partial charge in [0.25, 0.3) is 0 Å². The molecule has 0 radical (unpaired) electrons. The zero-order chi connectivity index (χ0) is 13.5. The van der Waals surface area contributed by atoms with Crippen LogP contribution in [0, 0.1) is 17.8 Å². The highest BCUT2D eigenvalue weighted by Gasteiger charge is 2.29. The first kappa shape index (κ1) is 14.6. The third kappa shape index (κ3) is 4.35. The van der Waals surface area contributed by atoms with E-state index in [1.165, 1.54) is 50.6 Å². The van der Waals surface area contributed by atoms with Gasteiger partial charge in [-0.05, 0) is 56.2 Å². The van der Waals surface area contributed by atoms with Crippen molar-refractivity contribution in [3.8, 4) is 0 Å². The quantitative estimate of drug-likeness (QED) is 0.804. The van der Waals surface area contributed by atoms with Gasteiger partial charge in [-0.25, -0.2) is 0 Å². The van der Waals surface area contributed by atoms with Gasteiger partial charge < -0.3 is 5.32 Å². The molecule has 1 fully saturated rings. The van der Waals surface area contributed by atoms with Crippen LogP contribution in [-0.2, 0) is 6.42 Å². The monoisotopic (exact) mass is 259 g/mol. The maximum atomic E-state index is 3.40. The van der Waals surface area contributed by atoms with Crippen molar-refractivity contribution in [2.24, 2.45) is 17.8 Å². The minimum absolute atomic E-state index is 0.873. The molecule has 0 heterocycles. The summed E-state index contributed by atoms with van der Waals surface area (Å²) in [7, 11) is 2.09. The molecule has 1 N–H and O–H groups in total. The SMILES string of the molecule is CCCC1CCC(CNC)C(Cc2ccccc2)C1. The van der Waals surface area contributed by atoms with Gasteiger partial charge in [-0.2, -0.15) is 0 Å². The van der Waals surface area contributed by atoms with Crippen molar-refractivity contribution in [3.63, 3.8) is 0 Å². The van der Waals surface area contributed by atoms with Crippen molar-refractivity contribution in [2.75, 3.05) is 13.6 Å². The lowest BCUT2D eigenvalue weighted by Gasteiger charge is -2.36. The highest BCUT2D eigenvalue weighted by Crippen LogP contribution is 2.37. The molecule has 0 aromatic heterocycles. The summed E-state index contributed by atoms with van der Waals surface area (Å²) in [6.45, 7) is 3.52. The van der Waals surface area contributed by atoms with Gasteiger partial charge in [0, 0.05) is 0 Å². The molecule has 1 aromatic rings. The Morgan fingerprint density at radius 1 is 1.11 bits per heavy atom.